The zero-order valence-electron chi connectivity index (χ0n) is 10.6. The van der Waals surface area contributed by atoms with Crippen molar-refractivity contribution in [2.24, 2.45) is 0 Å². The van der Waals surface area contributed by atoms with E-state index < -0.39 is 0 Å². The Bertz CT molecular complexity index is 383. The fourth-order valence-corrected chi connectivity index (χ4v) is 2.20. The summed E-state index contributed by atoms with van der Waals surface area (Å²) in [5.74, 6) is 0.665. The van der Waals surface area contributed by atoms with Crippen molar-refractivity contribution < 1.29 is 5.11 Å². The Morgan fingerprint density at radius 1 is 1.24 bits per heavy atom. The van der Waals surface area contributed by atoms with E-state index in [2.05, 4.69) is 29.0 Å². The van der Waals surface area contributed by atoms with Gasteiger partial charge in [0.2, 0.25) is 5.95 Å². The molecule has 1 aromatic heterocycles. The van der Waals surface area contributed by atoms with Gasteiger partial charge in [-0.05, 0) is 25.7 Å². The summed E-state index contributed by atoms with van der Waals surface area (Å²) in [4.78, 5) is 6.59. The molecule has 1 N–H and O–H groups in total. The number of rotatable bonds is 3. The molecule has 0 aromatic carbocycles. The standard InChI is InChI=1S/C12H20N4O/c1-3-10-11(4-2)14-15-12(13-10)16-7-5-6-9(17)8-16/h9,17H,3-8H2,1-2H3. The van der Waals surface area contributed by atoms with Gasteiger partial charge in [0.25, 0.3) is 0 Å². The number of aliphatic hydroxyl groups is 1. The summed E-state index contributed by atoms with van der Waals surface area (Å²) in [5.41, 5.74) is 2.01. The topological polar surface area (TPSA) is 62.1 Å². The number of piperidine rings is 1. The van der Waals surface area contributed by atoms with Crippen molar-refractivity contribution in [1.82, 2.24) is 15.2 Å². The Balaban J connectivity index is 2.20. The SMILES string of the molecule is CCc1nnc(N2CCCC(O)C2)nc1CC. The second kappa shape index (κ2) is 5.40. The monoisotopic (exact) mass is 236 g/mol. The molecule has 0 bridgehead atoms. The molecule has 17 heavy (non-hydrogen) atoms. The summed E-state index contributed by atoms with van der Waals surface area (Å²) in [7, 11) is 0. The van der Waals surface area contributed by atoms with E-state index in [4.69, 9.17) is 0 Å². The van der Waals surface area contributed by atoms with E-state index in [0.717, 1.165) is 43.6 Å². The van der Waals surface area contributed by atoms with Crippen LogP contribution in [-0.4, -0.2) is 39.5 Å². The summed E-state index contributed by atoms with van der Waals surface area (Å²) in [6, 6.07) is 0. The predicted octanol–water partition coefficient (Wildman–Crippen LogP) is 0.957. The zero-order chi connectivity index (χ0) is 12.3. The van der Waals surface area contributed by atoms with Gasteiger partial charge in [0.1, 0.15) is 0 Å². The third-order valence-electron chi connectivity index (χ3n) is 3.18. The first-order chi connectivity index (χ1) is 8.24. The molecule has 0 aliphatic carbocycles. The zero-order valence-corrected chi connectivity index (χ0v) is 10.6. The number of anilines is 1. The van der Waals surface area contributed by atoms with Gasteiger partial charge in [-0.25, -0.2) is 4.98 Å². The molecule has 2 rings (SSSR count). The van der Waals surface area contributed by atoms with Gasteiger partial charge in [-0.15, -0.1) is 5.10 Å². The van der Waals surface area contributed by atoms with Gasteiger partial charge >= 0.3 is 0 Å². The number of aliphatic hydroxyl groups excluding tert-OH is 1. The Labute approximate surface area is 102 Å². The normalized spacial score (nSPS) is 20.6. The molecule has 5 nitrogen and oxygen atoms in total. The van der Waals surface area contributed by atoms with Crippen LogP contribution < -0.4 is 4.90 Å². The van der Waals surface area contributed by atoms with Crippen LogP contribution in [0, 0.1) is 0 Å². The minimum absolute atomic E-state index is 0.261. The van der Waals surface area contributed by atoms with Gasteiger partial charge in [0.15, 0.2) is 0 Å². The van der Waals surface area contributed by atoms with E-state index in [1.54, 1.807) is 0 Å². The number of nitrogens with zero attached hydrogens (tertiary/aromatic N) is 4. The Morgan fingerprint density at radius 3 is 2.65 bits per heavy atom. The molecule has 1 unspecified atom stereocenters. The summed E-state index contributed by atoms with van der Waals surface area (Å²) < 4.78 is 0. The number of aromatic nitrogens is 3. The fourth-order valence-electron chi connectivity index (χ4n) is 2.20. The molecular weight excluding hydrogens is 216 g/mol. The fraction of sp³-hybridized carbons (Fsp3) is 0.750. The smallest absolute Gasteiger partial charge is 0.245 e. The summed E-state index contributed by atoms with van der Waals surface area (Å²) in [6.45, 7) is 5.68. The molecule has 0 saturated carbocycles. The van der Waals surface area contributed by atoms with Crippen molar-refractivity contribution in [3.05, 3.63) is 11.4 Å². The molecule has 0 amide bonds. The number of aryl methyl sites for hydroxylation is 2. The first-order valence-electron chi connectivity index (χ1n) is 6.40. The van der Waals surface area contributed by atoms with E-state index in [1.165, 1.54) is 0 Å². The van der Waals surface area contributed by atoms with Crippen molar-refractivity contribution in [2.45, 2.75) is 45.6 Å². The molecule has 94 valence electrons. The van der Waals surface area contributed by atoms with Crippen LogP contribution in [0.4, 0.5) is 5.95 Å². The maximum atomic E-state index is 9.65. The van der Waals surface area contributed by atoms with Crippen molar-refractivity contribution in [2.75, 3.05) is 18.0 Å². The molecule has 1 aliphatic rings. The number of hydrogen-bond donors (Lipinski definition) is 1. The van der Waals surface area contributed by atoms with Gasteiger partial charge in [-0.1, -0.05) is 13.8 Å². The Hall–Kier alpha value is -1.23. The highest BCUT2D eigenvalue weighted by atomic mass is 16.3. The second-order valence-corrected chi connectivity index (χ2v) is 4.45. The van der Waals surface area contributed by atoms with Crippen LogP contribution >= 0.6 is 0 Å². The van der Waals surface area contributed by atoms with Crippen molar-refractivity contribution in [1.29, 1.82) is 0 Å². The van der Waals surface area contributed by atoms with E-state index in [9.17, 15) is 5.11 Å². The average molecular weight is 236 g/mol. The number of β-amino-alcohol motifs (C(OH)–C–C–N with tert-alkyl or cyclic N) is 1. The minimum Gasteiger partial charge on any atom is -0.391 e. The summed E-state index contributed by atoms with van der Waals surface area (Å²) in [5, 5.41) is 18.1. The highest BCUT2D eigenvalue weighted by Gasteiger charge is 2.20. The second-order valence-electron chi connectivity index (χ2n) is 4.45. The van der Waals surface area contributed by atoms with Crippen LogP contribution in [0.25, 0.3) is 0 Å². The van der Waals surface area contributed by atoms with Crippen LogP contribution in [0.15, 0.2) is 0 Å². The molecule has 5 heteroatoms. The van der Waals surface area contributed by atoms with Gasteiger partial charge in [0, 0.05) is 13.1 Å². The molecule has 1 aliphatic heterocycles. The Kier molecular flexibility index (Phi) is 3.89. The molecule has 1 atom stereocenters. The van der Waals surface area contributed by atoms with Gasteiger partial charge < -0.3 is 10.0 Å². The molecule has 1 saturated heterocycles. The van der Waals surface area contributed by atoms with Gasteiger partial charge in [-0.3, -0.25) is 0 Å². The summed E-state index contributed by atoms with van der Waals surface area (Å²) >= 11 is 0. The predicted molar refractivity (Wildman–Crippen MR) is 66.0 cm³/mol. The number of hydrogen-bond acceptors (Lipinski definition) is 5. The highest BCUT2D eigenvalue weighted by molar-refractivity contribution is 5.31. The molecular formula is C12H20N4O. The first-order valence-corrected chi connectivity index (χ1v) is 6.40. The van der Waals surface area contributed by atoms with Crippen LogP contribution in [-0.2, 0) is 12.8 Å². The largest absolute Gasteiger partial charge is 0.391 e. The van der Waals surface area contributed by atoms with E-state index >= 15 is 0 Å². The lowest BCUT2D eigenvalue weighted by atomic mass is 10.1. The van der Waals surface area contributed by atoms with Crippen LogP contribution in [0.5, 0.6) is 0 Å². The van der Waals surface area contributed by atoms with E-state index in [0.29, 0.717) is 12.5 Å². The van der Waals surface area contributed by atoms with E-state index in [-0.39, 0.29) is 6.10 Å². The lowest BCUT2D eigenvalue weighted by molar-refractivity contribution is 0.153. The van der Waals surface area contributed by atoms with Crippen LogP contribution in [0.1, 0.15) is 38.1 Å². The van der Waals surface area contributed by atoms with Crippen LogP contribution in [0.2, 0.25) is 0 Å². The van der Waals surface area contributed by atoms with E-state index in [1.807, 2.05) is 4.90 Å². The van der Waals surface area contributed by atoms with Gasteiger partial charge in [-0.2, -0.15) is 5.10 Å². The first kappa shape index (κ1) is 12.2. The minimum atomic E-state index is -0.261. The quantitative estimate of drug-likeness (QED) is 0.847. The lowest BCUT2D eigenvalue weighted by Gasteiger charge is -2.29. The van der Waals surface area contributed by atoms with Gasteiger partial charge in [0.05, 0.1) is 17.5 Å². The molecule has 2 heterocycles. The average Bonchev–Trinajstić information content (AvgIpc) is 2.38. The highest BCUT2D eigenvalue weighted by Crippen LogP contribution is 2.16. The van der Waals surface area contributed by atoms with Crippen molar-refractivity contribution >= 4 is 5.95 Å². The molecule has 0 spiro atoms. The van der Waals surface area contributed by atoms with Crippen molar-refractivity contribution in [3.8, 4) is 0 Å². The maximum Gasteiger partial charge on any atom is 0.245 e. The maximum absolute atomic E-state index is 9.65. The third kappa shape index (κ3) is 2.72. The molecule has 1 fully saturated rings. The van der Waals surface area contributed by atoms with Crippen molar-refractivity contribution in [3.63, 3.8) is 0 Å². The lowest BCUT2D eigenvalue weighted by Crippen LogP contribution is -2.39. The third-order valence-corrected chi connectivity index (χ3v) is 3.18. The summed E-state index contributed by atoms with van der Waals surface area (Å²) in [6.07, 6.45) is 3.34. The molecule has 0 radical (unpaired) electrons. The molecule has 1 aromatic rings. The van der Waals surface area contributed by atoms with Crippen LogP contribution in [0.3, 0.4) is 0 Å². The Morgan fingerprint density at radius 2 is 2.00 bits per heavy atom.